The highest BCUT2D eigenvalue weighted by Gasteiger charge is 2.69. The maximum atomic E-state index is 13.4. The number of nitriles is 1. The number of aromatic nitrogens is 1. The lowest BCUT2D eigenvalue weighted by molar-refractivity contribution is -0.152. The molecule has 1 heterocycles. The Morgan fingerprint density at radius 1 is 1.12 bits per heavy atom. The topological polar surface area (TPSA) is 113 Å². The Balaban J connectivity index is 1.13. The van der Waals surface area contributed by atoms with Gasteiger partial charge in [0.05, 0.1) is 11.6 Å². The largest absolute Gasteiger partial charge is 0.484 e. The first-order chi connectivity index (χ1) is 15.3. The number of hydrogen-bond acceptors (Lipinski definition) is 6. The predicted molar refractivity (Wildman–Crippen MR) is 111 cm³/mol. The molecule has 0 unspecified atom stereocenters. The number of nitrogens with zero attached hydrogens (tertiary/aromatic N) is 2. The minimum atomic E-state index is -0.612. The standard InChI is InChI=1S/C22H20ClFN4O4/c23-17-4-3-16(5-18(17)24)32-10-20(30)28-22-11-21(12-22,13-22)27-19(29)9-31-8-14-1-2-15(6-25)26-7-14/h1-5,7H,8-13H2,(H,27,29)(H,28,30). The van der Waals surface area contributed by atoms with E-state index < -0.39 is 5.82 Å². The molecule has 0 atom stereocenters. The van der Waals surface area contributed by atoms with Gasteiger partial charge in [-0.25, -0.2) is 9.37 Å². The highest BCUT2D eigenvalue weighted by molar-refractivity contribution is 6.30. The summed E-state index contributed by atoms with van der Waals surface area (Å²) in [5, 5.41) is 14.6. The Kier molecular flexibility index (Phi) is 6.00. The summed E-state index contributed by atoms with van der Waals surface area (Å²) in [6, 6.07) is 9.23. The third-order valence-electron chi connectivity index (χ3n) is 5.54. The summed E-state index contributed by atoms with van der Waals surface area (Å²) in [5.41, 5.74) is 0.465. The number of rotatable bonds is 9. The average Bonchev–Trinajstić information content (AvgIpc) is 2.72. The van der Waals surface area contributed by atoms with E-state index in [0.717, 1.165) is 11.6 Å². The lowest BCUT2D eigenvalue weighted by Gasteiger charge is -2.70. The van der Waals surface area contributed by atoms with Crippen LogP contribution in [0.5, 0.6) is 5.75 Å². The number of benzene rings is 1. The van der Waals surface area contributed by atoms with Crippen LogP contribution >= 0.6 is 11.6 Å². The van der Waals surface area contributed by atoms with Gasteiger partial charge < -0.3 is 20.1 Å². The third kappa shape index (κ3) is 4.82. The van der Waals surface area contributed by atoms with Gasteiger partial charge in [0, 0.05) is 23.3 Å². The van der Waals surface area contributed by atoms with Crippen molar-refractivity contribution in [2.24, 2.45) is 0 Å². The molecular formula is C22H20ClFN4O4. The number of nitrogens with one attached hydrogen (secondary N) is 2. The highest BCUT2D eigenvalue weighted by atomic mass is 35.5. The molecule has 3 aliphatic carbocycles. The second-order valence-electron chi connectivity index (χ2n) is 8.21. The van der Waals surface area contributed by atoms with Crippen LogP contribution in [-0.2, 0) is 20.9 Å². The zero-order valence-electron chi connectivity index (χ0n) is 17.0. The number of carbonyl (C=O) groups is 2. The lowest BCUT2D eigenvalue weighted by Crippen LogP contribution is -2.84. The number of halogens is 2. The first-order valence-electron chi connectivity index (χ1n) is 9.93. The maximum Gasteiger partial charge on any atom is 0.258 e. The zero-order valence-corrected chi connectivity index (χ0v) is 17.7. The van der Waals surface area contributed by atoms with Crippen molar-refractivity contribution >= 4 is 23.4 Å². The molecule has 2 N–H and O–H groups in total. The van der Waals surface area contributed by atoms with E-state index in [9.17, 15) is 14.0 Å². The molecule has 32 heavy (non-hydrogen) atoms. The van der Waals surface area contributed by atoms with Gasteiger partial charge >= 0.3 is 0 Å². The molecule has 3 saturated carbocycles. The van der Waals surface area contributed by atoms with E-state index in [1.165, 1.54) is 18.3 Å². The summed E-state index contributed by atoms with van der Waals surface area (Å²) >= 11 is 5.62. The molecule has 0 radical (unpaired) electrons. The molecule has 2 bridgehead atoms. The van der Waals surface area contributed by atoms with Crippen LogP contribution in [0.25, 0.3) is 0 Å². The van der Waals surface area contributed by atoms with Gasteiger partial charge in [0.15, 0.2) is 6.61 Å². The van der Waals surface area contributed by atoms with Crippen molar-refractivity contribution in [3.05, 3.63) is 58.6 Å². The van der Waals surface area contributed by atoms with Gasteiger partial charge in [-0.15, -0.1) is 0 Å². The number of pyridine rings is 1. The normalized spacial score (nSPS) is 22.7. The molecular weight excluding hydrogens is 439 g/mol. The van der Waals surface area contributed by atoms with E-state index in [1.807, 2.05) is 6.07 Å². The van der Waals surface area contributed by atoms with Gasteiger partial charge in [0.1, 0.15) is 29.9 Å². The Bertz CT molecular complexity index is 1070. The fourth-order valence-electron chi connectivity index (χ4n) is 4.27. The molecule has 0 aliphatic heterocycles. The van der Waals surface area contributed by atoms with Crippen molar-refractivity contribution in [3.8, 4) is 11.8 Å². The molecule has 166 valence electrons. The first kappa shape index (κ1) is 22.0. The minimum absolute atomic E-state index is 0.0142. The Hall–Kier alpha value is -3.22. The zero-order chi connectivity index (χ0) is 22.8. The summed E-state index contributed by atoms with van der Waals surface area (Å²) in [6.07, 6.45) is 3.48. The molecule has 2 amide bonds. The summed E-state index contributed by atoms with van der Waals surface area (Å²) in [6.45, 7) is -0.108. The third-order valence-corrected chi connectivity index (χ3v) is 5.85. The molecule has 1 aromatic heterocycles. The fraction of sp³-hybridized carbons (Fsp3) is 0.364. The molecule has 10 heteroatoms. The number of hydrogen-bond donors (Lipinski definition) is 2. The van der Waals surface area contributed by atoms with Crippen molar-refractivity contribution < 1.29 is 23.5 Å². The van der Waals surface area contributed by atoms with Gasteiger partial charge in [0.25, 0.3) is 5.91 Å². The van der Waals surface area contributed by atoms with Crippen LogP contribution in [0.15, 0.2) is 36.5 Å². The van der Waals surface area contributed by atoms with E-state index in [2.05, 4.69) is 15.6 Å². The minimum Gasteiger partial charge on any atom is -0.484 e. The van der Waals surface area contributed by atoms with Crippen molar-refractivity contribution in [3.63, 3.8) is 0 Å². The van der Waals surface area contributed by atoms with E-state index in [0.29, 0.717) is 25.0 Å². The molecule has 5 rings (SSSR count). The highest BCUT2D eigenvalue weighted by Crippen LogP contribution is 2.60. The van der Waals surface area contributed by atoms with Gasteiger partial charge in [-0.05, 0) is 43.0 Å². The summed E-state index contributed by atoms with van der Waals surface area (Å²) in [4.78, 5) is 28.3. The SMILES string of the molecule is N#Cc1ccc(COCC(=O)NC23CC(NC(=O)COc4ccc(Cl)c(F)c4)(C2)C3)cn1. The van der Waals surface area contributed by atoms with Crippen molar-refractivity contribution in [2.45, 2.75) is 36.9 Å². The smallest absolute Gasteiger partial charge is 0.258 e. The number of ether oxygens (including phenoxy) is 2. The summed E-state index contributed by atoms with van der Waals surface area (Å²) in [7, 11) is 0. The Labute approximate surface area is 188 Å². The van der Waals surface area contributed by atoms with Crippen LogP contribution in [0.4, 0.5) is 4.39 Å². The summed E-state index contributed by atoms with van der Waals surface area (Å²) < 4.78 is 24.1. The van der Waals surface area contributed by atoms with Crippen molar-refractivity contribution in [1.29, 1.82) is 5.26 Å². The van der Waals surface area contributed by atoms with Crippen LogP contribution < -0.4 is 15.4 Å². The van der Waals surface area contributed by atoms with E-state index in [1.54, 1.807) is 12.1 Å². The van der Waals surface area contributed by atoms with E-state index in [4.69, 9.17) is 26.3 Å². The first-order valence-corrected chi connectivity index (χ1v) is 10.3. The van der Waals surface area contributed by atoms with Gasteiger partial charge in [-0.2, -0.15) is 5.26 Å². The van der Waals surface area contributed by atoms with E-state index >= 15 is 0 Å². The quantitative estimate of drug-likeness (QED) is 0.596. The summed E-state index contributed by atoms with van der Waals surface area (Å²) in [5.74, 6) is -0.918. The average molecular weight is 459 g/mol. The fourth-order valence-corrected chi connectivity index (χ4v) is 4.39. The Morgan fingerprint density at radius 2 is 1.81 bits per heavy atom. The van der Waals surface area contributed by atoms with E-state index in [-0.39, 0.29) is 53.5 Å². The molecule has 0 saturated heterocycles. The maximum absolute atomic E-state index is 13.4. The van der Waals surface area contributed by atoms with Crippen LogP contribution in [0.2, 0.25) is 5.02 Å². The van der Waals surface area contributed by atoms with Gasteiger partial charge in [-0.3, -0.25) is 9.59 Å². The van der Waals surface area contributed by atoms with Crippen molar-refractivity contribution in [1.82, 2.24) is 15.6 Å². The number of carbonyl (C=O) groups excluding carboxylic acids is 2. The molecule has 3 fully saturated rings. The predicted octanol–water partition coefficient (Wildman–Crippen LogP) is 2.25. The molecule has 1 aromatic carbocycles. The van der Waals surface area contributed by atoms with Crippen LogP contribution in [0, 0.1) is 17.1 Å². The molecule has 3 aliphatic rings. The number of amides is 2. The Morgan fingerprint density at radius 3 is 2.41 bits per heavy atom. The van der Waals surface area contributed by atoms with Crippen LogP contribution in [0.1, 0.15) is 30.5 Å². The second-order valence-corrected chi connectivity index (χ2v) is 8.62. The molecule has 8 nitrogen and oxygen atoms in total. The van der Waals surface area contributed by atoms with Crippen molar-refractivity contribution in [2.75, 3.05) is 13.2 Å². The molecule has 0 spiro atoms. The lowest BCUT2D eigenvalue weighted by atomic mass is 9.44. The monoisotopic (exact) mass is 458 g/mol. The second kappa shape index (κ2) is 8.73. The van der Waals surface area contributed by atoms with Crippen LogP contribution in [0.3, 0.4) is 0 Å². The molecule has 2 aromatic rings. The van der Waals surface area contributed by atoms with Gasteiger partial charge in [-0.1, -0.05) is 17.7 Å². The van der Waals surface area contributed by atoms with Gasteiger partial charge in [0.2, 0.25) is 5.91 Å². The van der Waals surface area contributed by atoms with Crippen LogP contribution in [-0.4, -0.2) is 41.1 Å².